The van der Waals surface area contributed by atoms with Gasteiger partial charge in [-0.25, -0.2) is 0 Å². The van der Waals surface area contributed by atoms with Gasteiger partial charge in [0, 0.05) is 6.42 Å². The van der Waals surface area contributed by atoms with Gasteiger partial charge in [-0.05, 0) is 59.2 Å². The molecule has 4 heteroatoms. The molecule has 0 saturated carbocycles. The zero-order valence-electron chi connectivity index (χ0n) is 26.1. The number of methoxy groups -OCH3 is 1. The summed E-state index contributed by atoms with van der Waals surface area (Å²) in [5, 5.41) is 3.89. The van der Waals surface area contributed by atoms with Gasteiger partial charge in [-0.2, -0.15) is 0 Å². The van der Waals surface area contributed by atoms with Crippen LogP contribution in [0.5, 0.6) is 5.75 Å². The molecule has 0 heterocycles. The van der Waals surface area contributed by atoms with Crippen molar-refractivity contribution in [2.24, 2.45) is 0 Å². The van der Waals surface area contributed by atoms with Gasteiger partial charge in [-0.3, -0.25) is 10.1 Å². The normalized spacial score (nSPS) is 12.0. The average molecular weight is 598 g/mol. The molecule has 0 unspecified atom stereocenters. The third-order valence-electron chi connectivity index (χ3n) is 8.34. The number of aryl methyl sites for hydroxylation is 1. The molecule has 0 bridgehead atoms. The van der Waals surface area contributed by atoms with Gasteiger partial charge >= 0.3 is 0 Å². The summed E-state index contributed by atoms with van der Waals surface area (Å²) in [6, 6.07) is 49.1. The first-order chi connectivity index (χ1) is 22.2. The van der Waals surface area contributed by atoms with E-state index in [-0.39, 0.29) is 12.4 Å². The summed E-state index contributed by atoms with van der Waals surface area (Å²) >= 11 is 0. The fourth-order valence-corrected chi connectivity index (χ4v) is 5.93. The Labute approximate surface area is 268 Å². The van der Waals surface area contributed by atoms with Crippen molar-refractivity contribution in [3.05, 3.63) is 173 Å². The second-order valence-electron chi connectivity index (χ2n) is 11.4. The van der Waals surface area contributed by atoms with Crippen molar-refractivity contribution in [2.45, 2.75) is 50.3 Å². The van der Waals surface area contributed by atoms with E-state index in [0.717, 1.165) is 53.7 Å². The third kappa shape index (κ3) is 8.57. The molecule has 0 amide bonds. The van der Waals surface area contributed by atoms with Crippen LogP contribution in [0.1, 0.15) is 53.5 Å². The number of rotatable bonds is 17. The maximum absolute atomic E-state index is 14.1. The largest absolute Gasteiger partial charge is 0.497 e. The van der Waals surface area contributed by atoms with Crippen molar-refractivity contribution in [2.75, 3.05) is 13.7 Å². The van der Waals surface area contributed by atoms with E-state index in [9.17, 15) is 4.79 Å². The molecule has 0 aliphatic heterocycles. The Morgan fingerprint density at radius 2 is 1.13 bits per heavy atom. The maximum Gasteiger partial charge on any atom is 0.152 e. The molecule has 0 aromatic heterocycles. The quantitative estimate of drug-likeness (QED) is 0.0862. The lowest BCUT2D eigenvalue weighted by atomic mass is 9.76. The number of benzene rings is 5. The molecule has 0 aliphatic rings. The highest BCUT2D eigenvalue weighted by atomic mass is 16.5. The summed E-state index contributed by atoms with van der Waals surface area (Å²) < 4.78 is 11.5. The summed E-state index contributed by atoms with van der Waals surface area (Å²) in [5.41, 5.74) is 4.83. The molecule has 230 valence electrons. The number of ether oxygens (including phenoxy) is 2. The van der Waals surface area contributed by atoms with Crippen molar-refractivity contribution < 1.29 is 14.3 Å². The minimum absolute atomic E-state index is 0.166. The van der Waals surface area contributed by atoms with Gasteiger partial charge in [0.1, 0.15) is 5.75 Å². The fourth-order valence-electron chi connectivity index (χ4n) is 5.93. The molecule has 0 spiro atoms. The van der Waals surface area contributed by atoms with Gasteiger partial charge in [-0.15, -0.1) is 0 Å². The van der Waals surface area contributed by atoms with Gasteiger partial charge in [0.2, 0.25) is 0 Å². The van der Waals surface area contributed by atoms with Crippen LogP contribution in [0, 0.1) is 0 Å². The van der Waals surface area contributed by atoms with E-state index in [1.54, 1.807) is 7.11 Å². The highest BCUT2D eigenvalue weighted by Gasteiger charge is 2.39. The Bertz CT molecular complexity index is 1460. The van der Waals surface area contributed by atoms with Gasteiger partial charge in [-0.1, -0.05) is 140 Å². The first-order valence-electron chi connectivity index (χ1n) is 15.9. The smallest absolute Gasteiger partial charge is 0.152 e. The number of carbonyl (C=O) groups is 1. The number of Topliss-reactive ketones (excluding diaryl/α,β-unsaturated/α-hetero) is 1. The number of unbranched alkanes of at least 4 members (excludes halogenated alkanes) is 2. The zero-order valence-corrected chi connectivity index (χ0v) is 26.1. The molecular weight excluding hydrogens is 554 g/mol. The summed E-state index contributed by atoms with van der Waals surface area (Å²) in [7, 11) is 1.68. The van der Waals surface area contributed by atoms with Crippen molar-refractivity contribution in [3.8, 4) is 5.75 Å². The standard InChI is InChI=1S/C41H43NO3/c1-44-38-29-27-33(28-30-38)17-7-3-16-26-40(43)39(32-45-31-34-18-8-2-9-19-34)42-41(35-20-10-4-11-21-35,36-22-12-5-13-23-36)37-24-14-6-15-25-37/h2,4-6,8-15,18-25,27-30,39,42H,3,7,16-17,26,31-32H2,1H3/t39-/m0/s1. The fraction of sp³-hybridized carbons (Fsp3) is 0.244. The molecule has 0 aliphatic carbocycles. The van der Waals surface area contributed by atoms with E-state index < -0.39 is 11.6 Å². The molecule has 1 atom stereocenters. The first kappa shape index (κ1) is 31.9. The maximum atomic E-state index is 14.1. The van der Waals surface area contributed by atoms with Crippen LogP contribution < -0.4 is 10.1 Å². The Balaban J connectivity index is 1.38. The number of nitrogens with one attached hydrogen (secondary N) is 1. The van der Waals surface area contributed by atoms with Crippen molar-refractivity contribution in [1.82, 2.24) is 5.32 Å². The van der Waals surface area contributed by atoms with Gasteiger partial charge in [0.05, 0.1) is 31.9 Å². The SMILES string of the molecule is COc1ccc(CCCCCC(=O)[C@H](COCc2ccccc2)NC(c2ccccc2)(c2ccccc2)c2ccccc2)cc1. The van der Waals surface area contributed by atoms with Crippen LogP contribution >= 0.6 is 0 Å². The minimum Gasteiger partial charge on any atom is -0.497 e. The molecule has 0 fully saturated rings. The Morgan fingerprint density at radius 1 is 0.622 bits per heavy atom. The van der Waals surface area contributed by atoms with E-state index in [0.29, 0.717) is 13.0 Å². The van der Waals surface area contributed by atoms with Crippen LogP contribution in [0.4, 0.5) is 0 Å². The monoisotopic (exact) mass is 597 g/mol. The summed E-state index contributed by atoms with van der Waals surface area (Å²) in [6.45, 7) is 0.719. The predicted octanol–water partition coefficient (Wildman–Crippen LogP) is 8.53. The summed E-state index contributed by atoms with van der Waals surface area (Å²) in [5.74, 6) is 1.04. The number of ketones is 1. The van der Waals surface area contributed by atoms with E-state index in [1.807, 2.05) is 48.5 Å². The Hall–Kier alpha value is -4.51. The molecule has 1 N–H and O–H groups in total. The molecule has 4 nitrogen and oxygen atoms in total. The van der Waals surface area contributed by atoms with Crippen LogP contribution in [-0.2, 0) is 28.1 Å². The summed E-state index contributed by atoms with van der Waals surface area (Å²) in [6.07, 6.45) is 4.32. The molecule has 45 heavy (non-hydrogen) atoms. The number of hydrogen-bond acceptors (Lipinski definition) is 4. The molecule has 5 aromatic carbocycles. The minimum atomic E-state index is -0.755. The van der Waals surface area contributed by atoms with Crippen molar-refractivity contribution in [3.63, 3.8) is 0 Å². The van der Waals surface area contributed by atoms with Crippen molar-refractivity contribution in [1.29, 1.82) is 0 Å². The molecule has 5 aromatic rings. The predicted molar refractivity (Wildman–Crippen MR) is 182 cm³/mol. The Kier molecular flexibility index (Phi) is 11.7. The van der Waals surface area contributed by atoms with E-state index in [4.69, 9.17) is 9.47 Å². The Morgan fingerprint density at radius 3 is 1.64 bits per heavy atom. The van der Waals surface area contributed by atoms with Crippen LogP contribution in [0.3, 0.4) is 0 Å². The second-order valence-corrected chi connectivity index (χ2v) is 11.4. The van der Waals surface area contributed by atoms with Gasteiger partial charge in [0.15, 0.2) is 5.78 Å². The first-order valence-corrected chi connectivity index (χ1v) is 15.9. The topological polar surface area (TPSA) is 47.6 Å². The molecular formula is C41H43NO3. The van der Waals surface area contributed by atoms with Gasteiger partial charge < -0.3 is 9.47 Å². The highest BCUT2D eigenvalue weighted by molar-refractivity contribution is 5.84. The number of carbonyl (C=O) groups excluding carboxylic acids is 1. The third-order valence-corrected chi connectivity index (χ3v) is 8.34. The average Bonchev–Trinajstić information content (AvgIpc) is 3.11. The van der Waals surface area contributed by atoms with Gasteiger partial charge in [0.25, 0.3) is 0 Å². The van der Waals surface area contributed by atoms with Crippen LogP contribution in [0.25, 0.3) is 0 Å². The lowest BCUT2D eigenvalue weighted by Crippen LogP contribution is -2.54. The molecule has 0 saturated heterocycles. The zero-order chi connectivity index (χ0) is 31.2. The molecule has 0 radical (unpaired) electrons. The van der Waals surface area contributed by atoms with E-state index >= 15 is 0 Å². The highest BCUT2D eigenvalue weighted by Crippen LogP contribution is 2.37. The van der Waals surface area contributed by atoms with Crippen LogP contribution in [0.15, 0.2) is 146 Å². The molecule has 5 rings (SSSR count). The second kappa shape index (κ2) is 16.5. The van der Waals surface area contributed by atoms with Crippen LogP contribution in [0.2, 0.25) is 0 Å². The van der Waals surface area contributed by atoms with Crippen molar-refractivity contribution >= 4 is 5.78 Å². The van der Waals surface area contributed by atoms with E-state index in [1.165, 1.54) is 5.56 Å². The lowest BCUT2D eigenvalue weighted by Gasteiger charge is -2.40. The number of hydrogen-bond donors (Lipinski definition) is 1. The van der Waals surface area contributed by atoms with E-state index in [2.05, 4.69) is 102 Å². The summed E-state index contributed by atoms with van der Waals surface area (Å²) in [4.78, 5) is 14.1. The van der Waals surface area contributed by atoms with Crippen LogP contribution in [-0.4, -0.2) is 25.5 Å². The lowest BCUT2D eigenvalue weighted by molar-refractivity contribution is -0.123.